The molecule has 22 heavy (non-hydrogen) atoms. The quantitative estimate of drug-likeness (QED) is 0.874. The summed E-state index contributed by atoms with van der Waals surface area (Å²) in [6.07, 6.45) is 1.99. The van der Waals surface area contributed by atoms with E-state index < -0.39 is 17.5 Å². The number of methoxy groups -OCH3 is 1. The predicted octanol–water partition coefficient (Wildman–Crippen LogP) is 2.05. The first-order valence-electron chi connectivity index (χ1n) is 7.54. The van der Waals surface area contributed by atoms with E-state index in [2.05, 4.69) is 10.2 Å². The minimum Gasteiger partial charge on any atom is -0.383 e. The standard InChI is InChI=1S/C16H22F2N2O2/c1-22-9-8-20-6-4-12(5-7-20)11-19-16(21)14-3-2-13(17)10-15(14)18/h2-3,10,12H,4-9,11H2,1H3,(H,19,21). The van der Waals surface area contributed by atoms with E-state index in [1.807, 2.05) is 0 Å². The predicted molar refractivity (Wildman–Crippen MR) is 79.7 cm³/mol. The third-order valence-corrected chi connectivity index (χ3v) is 4.05. The molecule has 1 amide bonds. The molecule has 1 aliphatic rings. The molecule has 0 atom stereocenters. The molecule has 0 aromatic heterocycles. The molecule has 1 aromatic rings. The highest BCUT2D eigenvalue weighted by molar-refractivity contribution is 5.94. The maximum atomic E-state index is 13.5. The maximum Gasteiger partial charge on any atom is 0.254 e. The summed E-state index contributed by atoms with van der Waals surface area (Å²) >= 11 is 0. The molecule has 2 rings (SSSR count). The molecule has 1 heterocycles. The number of piperidine rings is 1. The van der Waals surface area contributed by atoms with Crippen LogP contribution in [0.4, 0.5) is 8.78 Å². The van der Waals surface area contributed by atoms with Crippen molar-refractivity contribution in [2.45, 2.75) is 12.8 Å². The number of hydrogen-bond acceptors (Lipinski definition) is 3. The average molecular weight is 312 g/mol. The van der Waals surface area contributed by atoms with Crippen molar-refractivity contribution < 1.29 is 18.3 Å². The van der Waals surface area contributed by atoms with Crippen LogP contribution in [0.2, 0.25) is 0 Å². The van der Waals surface area contributed by atoms with Gasteiger partial charge in [-0.3, -0.25) is 4.79 Å². The second-order valence-electron chi connectivity index (χ2n) is 5.61. The molecule has 1 aliphatic heterocycles. The summed E-state index contributed by atoms with van der Waals surface area (Å²) in [5, 5.41) is 2.74. The van der Waals surface area contributed by atoms with Gasteiger partial charge in [0.1, 0.15) is 11.6 Å². The summed E-state index contributed by atoms with van der Waals surface area (Å²) in [5.74, 6) is -1.60. The smallest absolute Gasteiger partial charge is 0.254 e. The Labute approximate surface area is 129 Å². The molecule has 1 aromatic carbocycles. The number of halogens is 2. The summed E-state index contributed by atoms with van der Waals surface area (Å²) in [4.78, 5) is 14.3. The molecule has 0 bridgehead atoms. The number of benzene rings is 1. The van der Waals surface area contributed by atoms with Crippen LogP contribution in [0.15, 0.2) is 18.2 Å². The Balaban J connectivity index is 1.75. The lowest BCUT2D eigenvalue weighted by molar-refractivity contribution is 0.0922. The lowest BCUT2D eigenvalue weighted by atomic mass is 9.96. The first kappa shape index (κ1) is 16.8. The molecule has 122 valence electrons. The van der Waals surface area contributed by atoms with Crippen LogP contribution in [-0.4, -0.2) is 50.7 Å². The second-order valence-corrected chi connectivity index (χ2v) is 5.61. The van der Waals surface area contributed by atoms with Crippen molar-refractivity contribution in [3.63, 3.8) is 0 Å². The van der Waals surface area contributed by atoms with Crippen molar-refractivity contribution in [1.82, 2.24) is 10.2 Å². The van der Waals surface area contributed by atoms with Crippen LogP contribution in [0.1, 0.15) is 23.2 Å². The van der Waals surface area contributed by atoms with Crippen LogP contribution < -0.4 is 5.32 Å². The van der Waals surface area contributed by atoms with Gasteiger partial charge >= 0.3 is 0 Å². The van der Waals surface area contributed by atoms with Gasteiger partial charge in [-0.05, 0) is 44.0 Å². The molecule has 0 radical (unpaired) electrons. The number of likely N-dealkylation sites (tertiary alicyclic amines) is 1. The zero-order valence-corrected chi connectivity index (χ0v) is 12.8. The normalized spacial score (nSPS) is 16.7. The van der Waals surface area contributed by atoms with Crippen molar-refractivity contribution in [2.75, 3.05) is 39.9 Å². The molecule has 1 saturated heterocycles. The van der Waals surface area contributed by atoms with Gasteiger partial charge in [-0.15, -0.1) is 0 Å². The minimum atomic E-state index is -0.827. The third kappa shape index (κ3) is 4.74. The van der Waals surface area contributed by atoms with Crippen molar-refractivity contribution in [3.05, 3.63) is 35.4 Å². The van der Waals surface area contributed by atoms with Gasteiger partial charge in [-0.1, -0.05) is 0 Å². The molecule has 6 heteroatoms. The fraction of sp³-hybridized carbons (Fsp3) is 0.562. The molecule has 4 nitrogen and oxygen atoms in total. The number of nitrogens with zero attached hydrogens (tertiary/aromatic N) is 1. The number of rotatable bonds is 6. The fourth-order valence-corrected chi connectivity index (χ4v) is 2.64. The van der Waals surface area contributed by atoms with E-state index in [1.54, 1.807) is 7.11 Å². The van der Waals surface area contributed by atoms with E-state index in [1.165, 1.54) is 6.07 Å². The van der Waals surface area contributed by atoms with Crippen LogP contribution in [0.5, 0.6) is 0 Å². The molecule has 1 N–H and O–H groups in total. The second kappa shape index (κ2) is 8.19. The Bertz CT molecular complexity index is 503. The summed E-state index contributed by atoms with van der Waals surface area (Å²) in [7, 11) is 1.69. The molecule has 0 saturated carbocycles. The monoisotopic (exact) mass is 312 g/mol. The van der Waals surface area contributed by atoms with Crippen molar-refractivity contribution in [2.24, 2.45) is 5.92 Å². The Morgan fingerprint density at radius 2 is 2.09 bits per heavy atom. The lowest BCUT2D eigenvalue weighted by Crippen LogP contribution is -2.40. The van der Waals surface area contributed by atoms with Crippen LogP contribution in [0, 0.1) is 17.6 Å². The van der Waals surface area contributed by atoms with E-state index in [9.17, 15) is 13.6 Å². The van der Waals surface area contributed by atoms with Gasteiger partial charge in [0.05, 0.1) is 12.2 Å². The first-order valence-corrected chi connectivity index (χ1v) is 7.54. The van der Waals surface area contributed by atoms with Gasteiger partial charge in [0, 0.05) is 26.3 Å². The molecular formula is C16H22F2N2O2. The molecule has 1 fully saturated rings. The number of hydrogen-bond donors (Lipinski definition) is 1. The van der Waals surface area contributed by atoms with Crippen LogP contribution >= 0.6 is 0 Å². The molecular weight excluding hydrogens is 290 g/mol. The highest BCUT2D eigenvalue weighted by atomic mass is 19.1. The van der Waals surface area contributed by atoms with Gasteiger partial charge in [0.25, 0.3) is 5.91 Å². The molecule has 0 unspecified atom stereocenters. The topological polar surface area (TPSA) is 41.6 Å². The summed E-state index contributed by atoms with van der Waals surface area (Å²) in [5.41, 5.74) is -0.112. The van der Waals surface area contributed by atoms with E-state index in [0.717, 1.165) is 51.2 Å². The first-order chi connectivity index (χ1) is 10.6. The zero-order chi connectivity index (χ0) is 15.9. The van der Waals surface area contributed by atoms with E-state index >= 15 is 0 Å². The Morgan fingerprint density at radius 1 is 1.36 bits per heavy atom. The number of carbonyl (C=O) groups excluding carboxylic acids is 1. The van der Waals surface area contributed by atoms with Gasteiger partial charge in [-0.25, -0.2) is 8.78 Å². The Kier molecular flexibility index (Phi) is 6.27. The lowest BCUT2D eigenvalue weighted by Gasteiger charge is -2.31. The fourth-order valence-electron chi connectivity index (χ4n) is 2.64. The van der Waals surface area contributed by atoms with Crippen molar-refractivity contribution in [3.8, 4) is 0 Å². The third-order valence-electron chi connectivity index (χ3n) is 4.05. The van der Waals surface area contributed by atoms with Crippen LogP contribution in [0.3, 0.4) is 0 Å². The number of ether oxygens (including phenoxy) is 1. The Morgan fingerprint density at radius 3 is 2.73 bits per heavy atom. The SMILES string of the molecule is COCCN1CCC(CNC(=O)c2ccc(F)cc2F)CC1. The van der Waals surface area contributed by atoms with Crippen molar-refractivity contribution >= 4 is 5.91 Å². The summed E-state index contributed by atoms with van der Waals surface area (Å²) in [6, 6.07) is 2.99. The highest BCUT2D eigenvalue weighted by Gasteiger charge is 2.20. The van der Waals surface area contributed by atoms with Gasteiger partial charge in [0.2, 0.25) is 0 Å². The number of nitrogens with one attached hydrogen (secondary N) is 1. The minimum absolute atomic E-state index is 0.112. The van der Waals surface area contributed by atoms with Gasteiger partial charge < -0.3 is 15.0 Å². The molecule has 0 spiro atoms. The van der Waals surface area contributed by atoms with Crippen molar-refractivity contribution in [1.29, 1.82) is 0 Å². The van der Waals surface area contributed by atoms with E-state index in [-0.39, 0.29) is 5.56 Å². The van der Waals surface area contributed by atoms with Crippen LogP contribution in [0.25, 0.3) is 0 Å². The Hall–Kier alpha value is -1.53. The molecule has 0 aliphatic carbocycles. The summed E-state index contributed by atoms with van der Waals surface area (Å²) < 4.78 is 31.4. The number of carbonyl (C=O) groups is 1. The average Bonchev–Trinajstić information content (AvgIpc) is 2.51. The largest absolute Gasteiger partial charge is 0.383 e. The zero-order valence-electron chi connectivity index (χ0n) is 12.8. The highest BCUT2D eigenvalue weighted by Crippen LogP contribution is 2.16. The van der Waals surface area contributed by atoms with E-state index in [4.69, 9.17) is 4.74 Å². The van der Waals surface area contributed by atoms with E-state index in [0.29, 0.717) is 12.5 Å². The summed E-state index contributed by atoms with van der Waals surface area (Å²) in [6.45, 7) is 4.14. The number of amides is 1. The van der Waals surface area contributed by atoms with Crippen LogP contribution in [-0.2, 0) is 4.74 Å². The van der Waals surface area contributed by atoms with Gasteiger partial charge in [-0.2, -0.15) is 0 Å². The van der Waals surface area contributed by atoms with Gasteiger partial charge in [0.15, 0.2) is 0 Å². The maximum absolute atomic E-state index is 13.5.